The van der Waals surface area contributed by atoms with E-state index in [1.165, 1.54) is 37.5 Å². The number of carbonyl (C=O) groups excluding carboxylic acids is 2. The molecule has 2 N–H and O–H groups in total. The molecule has 0 aliphatic rings. The fraction of sp³-hybridized carbons (Fsp3) is 0.143. The van der Waals surface area contributed by atoms with Crippen LogP contribution in [0.25, 0.3) is 12.2 Å². The van der Waals surface area contributed by atoms with Crippen LogP contribution < -0.4 is 4.74 Å². The van der Waals surface area contributed by atoms with E-state index in [4.69, 9.17) is 27.9 Å². The molecule has 5 nitrogen and oxygen atoms in total. The lowest BCUT2D eigenvalue weighted by molar-refractivity contribution is -0.127. The Morgan fingerprint density at radius 3 is 2.11 bits per heavy atom. The molecule has 180 valence electrons. The van der Waals surface area contributed by atoms with Crippen LogP contribution in [0, 0.1) is 12.8 Å². The van der Waals surface area contributed by atoms with Crippen LogP contribution in [0.5, 0.6) is 17.2 Å². The van der Waals surface area contributed by atoms with E-state index in [0.717, 1.165) is 5.56 Å². The molecule has 0 aromatic heterocycles. The first-order valence-corrected chi connectivity index (χ1v) is 11.5. The van der Waals surface area contributed by atoms with Gasteiger partial charge in [0.2, 0.25) is 0 Å². The van der Waals surface area contributed by atoms with E-state index in [0.29, 0.717) is 26.7 Å². The molecule has 3 aromatic carbocycles. The topological polar surface area (TPSA) is 83.8 Å². The van der Waals surface area contributed by atoms with Crippen LogP contribution in [0.3, 0.4) is 0 Å². The van der Waals surface area contributed by atoms with Crippen molar-refractivity contribution in [2.45, 2.75) is 13.3 Å². The number of phenols is 2. The van der Waals surface area contributed by atoms with Crippen molar-refractivity contribution in [1.82, 2.24) is 0 Å². The molecule has 0 fully saturated rings. The van der Waals surface area contributed by atoms with E-state index >= 15 is 0 Å². The lowest BCUT2D eigenvalue weighted by Gasteiger charge is -2.14. The second-order valence-corrected chi connectivity index (χ2v) is 8.76. The number of phenolic OH excluding ortho intramolecular Hbond substituents is 2. The van der Waals surface area contributed by atoms with Crippen LogP contribution in [0.2, 0.25) is 10.0 Å². The number of methoxy groups -OCH3 is 1. The standard InChI is InChI=1S/C28H24Cl2O5/c1-17-13-24(30)20(16-23(17)29)15-22(25(32)10-5-18-3-8-21(31)9-4-18)26(33)11-6-19-7-12-27(34)28(14-19)35-2/h3-14,16,22,31,34H,15H2,1-2H3/b10-5+,11-6+. The normalized spacial score (nSPS) is 12.2. The minimum Gasteiger partial charge on any atom is -0.508 e. The molecule has 0 spiro atoms. The van der Waals surface area contributed by atoms with Gasteiger partial charge >= 0.3 is 0 Å². The summed E-state index contributed by atoms with van der Waals surface area (Å²) in [6, 6.07) is 14.4. The maximum Gasteiger partial charge on any atom is 0.166 e. The van der Waals surface area contributed by atoms with Gasteiger partial charge in [0.25, 0.3) is 0 Å². The number of carbonyl (C=O) groups is 2. The SMILES string of the molecule is COc1cc(/C=C/C(=O)C(Cc2cc(Cl)c(C)cc2Cl)C(=O)/C=C/c2ccc(O)cc2)ccc1O. The van der Waals surface area contributed by atoms with Crippen molar-refractivity contribution in [1.29, 1.82) is 0 Å². The number of ether oxygens (including phenoxy) is 1. The molecule has 3 aromatic rings. The quantitative estimate of drug-likeness (QED) is 0.255. The van der Waals surface area contributed by atoms with Crippen molar-refractivity contribution in [3.05, 3.63) is 99.0 Å². The Labute approximate surface area is 213 Å². The Hall–Kier alpha value is -3.54. The summed E-state index contributed by atoms with van der Waals surface area (Å²) < 4.78 is 5.10. The summed E-state index contributed by atoms with van der Waals surface area (Å²) in [5.74, 6) is -1.48. The van der Waals surface area contributed by atoms with Gasteiger partial charge in [0, 0.05) is 10.0 Å². The Bertz CT molecular complexity index is 1290. The van der Waals surface area contributed by atoms with Crippen molar-refractivity contribution >= 4 is 46.9 Å². The van der Waals surface area contributed by atoms with Crippen LogP contribution in [-0.2, 0) is 16.0 Å². The summed E-state index contributed by atoms with van der Waals surface area (Å²) in [6.45, 7) is 1.82. The Morgan fingerprint density at radius 2 is 1.49 bits per heavy atom. The van der Waals surface area contributed by atoms with Crippen LogP contribution in [0.4, 0.5) is 0 Å². The lowest BCUT2D eigenvalue weighted by Crippen LogP contribution is -2.23. The number of rotatable bonds is 9. The van der Waals surface area contributed by atoms with Gasteiger partial charge in [-0.05, 0) is 84.1 Å². The average Bonchev–Trinajstić information content (AvgIpc) is 2.84. The number of halogens is 2. The fourth-order valence-corrected chi connectivity index (χ4v) is 3.86. The number of hydrogen-bond donors (Lipinski definition) is 2. The average molecular weight is 511 g/mol. The van der Waals surface area contributed by atoms with Gasteiger partial charge in [-0.15, -0.1) is 0 Å². The predicted octanol–water partition coefficient (Wildman–Crippen LogP) is 6.45. The van der Waals surface area contributed by atoms with Crippen molar-refractivity contribution in [2.75, 3.05) is 7.11 Å². The van der Waals surface area contributed by atoms with Crippen LogP contribution in [0.15, 0.2) is 66.7 Å². The van der Waals surface area contributed by atoms with Crippen molar-refractivity contribution in [2.24, 2.45) is 5.92 Å². The summed E-state index contributed by atoms with van der Waals surface area (Å²) in [7, 11) is 1.43. The van der Waals surface area contributed by atoms with E-state index in [2.05, 4.69) is 0 Å². The molecule has 35 heavy (non-hydrogen) atoms. The van der Waals surface area contributed by atoms with Gasteiger partial charge in [-0.25, -0.2) is 0 Å². The smallest absolute Gasteiger partial charge is 0.166 e. The molecular weight excluding hydrogens is 487 g/mol. The van der Waals surface area contributed by atoms with Gasteiger partial charge in [0.15, 0.2) is 23.1 Å². The predicted molar refractivity (Wildman–Crippen MR) is 139 cm³/mol. The zero-order valence-corrected chi connectivity index (χ0v) is 20.7. The largest absolute Gasteiger partial charge is 0.508 e. The Kier molecular flexibility index (Phi) is 8.74. The number of aryl methyl sites for hydroxylation is 1. The highest BCUT2D eigenvalue weighted by Gasteiger charge is 2.25. The first-order valence-electron chi connectivity index (χ1n) is 10.7. The molecular formula is C28H24Cl2O5. The van der Waals surface area contributed by atoms with Crippen molar-refractivity contribution in [3.8, 4) is 17.2 Å². The molecule has 0 aliphatic carbocycles. The first kappa shape index (κ1) is 26.1. The maximum atomic E-state index is 13.2. The summed E-state index contributed by atoms with van der Waals surface area (Å²) in [5.41, 5.74) is 2.70. The van der Waals surface area contributed by atoms with Gasteiger partial charge in [0.1, 0.15) is 5.75 Å². The summed E-state index contributed by atoms with van der Waals surface area (Å²) in [5, 5.41) is 20.1. The zero-order valence-electron chi connectivity index (χ0n) is 19.2. The number of aromatic hydroxyl groups is 2. The maximum absolute atomic E-state index is 13.2. The number of allylic oxidation sites excluding steroid dienone is 2. The third kappa shape index (κ3) is 6.98. The number of benzene rings is 3. The fourth-order valence-electron chi connectivity index (χ4n) is 3.38. The highest BCUT2D eigenvalue weighted by Crippen LogP contribution is 2.29. The van der Waals surface area contributed by atoms with Gasteiger partial charge in [-0.1, -0.05) is 53.6 Å². The van der Waals surface area contributed by atoms with Crippen LogP contribution in [0.1, 0.15) is 22.3 Å². The monoisotopic (exact) mass is 510 g/mol. The highest BCUT2D eigenvalue weighted by molar-refractivity contribution is 6.34. The molecule has 1 unspecified atom stereocenters. The molecule has 7 heteroatoms. The van der Waals surface area contributed by atoms with E-state index in [1.54, 1.807) is 48.6 Å². The zero-order chi connectivity index (χ0) is 25.5. The van der Waals surface area contributed by atoms with E-state index in [1.807, 2.05) is 6.92 Å². The molecule has 3 rings (SSSR count). The molecule has 0 aliphatic heterocycles. The third-order valence-corrected chi connectivity index (χ3v) is 6.17. The first-order chi connectivity index (χ1) is 16.7. The summed E-state index contributed by atoms with van der Waals surface area (Å²) >= 11 is 12.6. The van der Waals surface area contributed by atoms with E-state index in [9.17, 15) is 19.8 Å². The second-order valence-electron chi connectivity index (χ2n) is 7.94. The van der Waals surface area contributed by atoms with E-state index in [-0.39, 0.29) is 23.7 Å². The lowest BCUT2D eigenvalue weighted by atomic mass is 9.89. The molecule has 1 atom stereocenters. The second kappa shape index (κ2) is 11.7. The molecule has 0 saturated carbocycles. The minimum absolute atomic E-state index is 0.0192. The van der Waals surface area contributed by atoms with Crippen LogP contribution >= 0.6 is 23.2 Å². The number of hydrogen-bond acceptors (Lipinski definition) is 5. The van der Waals surface area contributed by atoms with Gasteiger partial charge in [-0.2, -0.15) is 0 Å². The third-order valence-electron chi connectivity index (χ3n) is 5.42. The molecule has 0 heterocycles. The van der Waals surface area contributed by atoms with Crippen molar-refractivity contribution < 1.29 is 24.5 Å². The summed E-state index contributed by atoms with van der Waals surface area (Å²) in [6.07, 6.45) is 5.88. The Balaban J connectivity index is 1.90. The highest BCUT2D eigenvalue weighted by atomic mass is 35.5. The molecule has 0 bridgehead atoms. The van der Waals surface area contributed by atoms with Gasteiger partial charge in [-0.3, -0.25) is 9.59 Å². The molecule has 0 saturated heterocycles. The van der Waals surface area contributed by atoms with Gasteiger partial charge in [0.05, 0.1) is 13.0 Å². The number of ketones is 2. The Morgan fingerprint density at radius 1 is 0.886 bits per heavy atom. The molecule has 0 amide bonds. The van der Waals surface area contributed by atoms with E-state index < -0.39 is 17.5 Å². The molecule has 0 radical (unpaired) electrons. The minimum atomic E-state index is -1.03. The van der Waals surface area contributed by atoms with Crippen molar-refractivity contribution in [3.63, 3.8) is 0 Å². The summed E-state index contributed by atoms with van der Waals surface area (Å²) in [4.78, 5) is 26.3. The van der Waals surface area contributed by atoms with Crippen LogP contribution in [-0.4, -0.2) is 28.9 Å². The van der Waals surface area contributed by atoms with Gasteiger partial charge < -0.3 is 14.9 Å².